The Balaban J connectivity index is 2.37. The number of benzene rings is 1. The first-order valence-electron chi connectivity index (χ1n) is 8.32. The number of hydrogen-bond donors (Lipinski definition) is 1. The van der Waals surface area contributed by atoms with Crippen LogP contribution in [0.25, 0.3) is 0 Å². The number of rotatable bonds is 8. The van der Waals surface area contributed by atoms with Gasteiger partial charge in [-0.15, -0.1) is 0 Å². The molecule has 0 spiro atoms. The SMILES string of the molecule is CCN(c1cccc(OCC2=NCCN2)c1CC(C)C)S(C)(=O)=O. The molecule has 0 fully saturated rings. The lowest BCUT2D eigenvalue weighted by atomic mass is 10.00. The van der Waals surface area contributed by atoms with Gasteiger partial charge in [0.15, 0.2) is 0 Å². The third-order valence-electron chi connectivity index (χ3n) is 3.78. The largest absolute Gasteiger partial charge is 0.485 e. The van der Waals surface area contributed by atoms with Gasteiger partial charge in [-0.25, -0.2) is 8.42 Å². The number of amidine groups is 1. The van der Waals surface area contributed by atoms with E-state index in [1.165, 1.54) is 10.6 Å². The van der Waals surface area contributed by atoms with Crippen molar-refractivity contribution in [3.63, 3.8) is 0 Å². The van der Waals surface area contributed by atoms with Gasteiger partial charge in [0.05, 0.1) is 18.5 Å². The lowest BCUT2D eigenvalue weighted by molar-refractivity contribution is 0.367. The lowest BCUT2D eigenvalue weighted by Gasteiger charge is -2.25. The molecule has 0 aromatic heterocycles. The summed E-state index contributed by atoms with van der Waals surface area (Å²) in [5.74, 6) is 1.94. The molecule has 0 saturated heterocycles. The average molecular weight is 353 g/mol. The highest BCUT2D eigenvalue weighted by molar-refractivity contribution is 7.92. The molecule has 24 heavy (non-hydrogen) atoms. The summed E-state index contributed by atoms with van der Waals surface area (Å²) in [6.07, 6.45) is 1.98. The Hall–Kier alpha value is -1.76. The molecule has 0 bridgehead atoms. The molecule has 7 heteroatoms. The second kappa shape index (κ2) is 7.88. The Morgan fingerprint density at radius 2 is 2.12 bits per heavy atom. The van der Waals surface area contributed by atoms with Crippen LogP contribution in [-0.2, 0) is 16.4 Å². The van der Waals surface area contributed by atoms with Gasteiger partial charge in [-0.1, -0.05) is 19.9 Å². The van der Waals surface area contributed by atoms with Crippen molar-refractivity contribution in [1.82, 2.24) is 5.32 Å². The average Bonchev–Trinajstić information content (AvgIpc) is 2.99. The topological polar surface area (TPSA) is 71.0 Å². The number of nitrogens with one attached hydrogen (secondary N) is 1. The first-order chi connectivity index (χ1) is 11.3. The summed E-state index contributed by atoms with van der Waals surface area (Å²) in [6.45, 7) is 8.44. The number of anilines is 1. The second-order valence-electron chi connectivity index (χ2n) is 6.32. The van der Waals surface area contributed by atoms with E-state index in [1.807, 2.05) is 25.1 Å². The van der Waals surface area contributed by atoms with Crippen molar-refractivity contribution in [3.05, 3.63) is 23.8 Å². The lowest BCUT2D eigenvalue weighted by Crippen LogP contribution is -2.31. The molecule has 2 rings (SSSR count). The van der Waals surface area contributed by atoms with E-state index in [-0.39, 0.29) is 0 Å². The Morgan fingerprint density at radius 3 is 2.67 bits per heavy atom. The minimum absolute atomic E-state index is 0.375. The van der Waals surface area contributed by atoms with Crippen molar-refractivity contribution in [3.8, 4) is 5.75 Å². The van der Waals surface area contributed by atoms with Crippen LogP contribution >= 0.6 is 0 Å². The summed E-state index contributed by atoms with van der Waals surface area (Å²) < 4.78 is 31.7. The molecule has 1 aromatic rings. The summed E-state index contributed by atoms with van der Waals surface area (Å²) in [4.78, 5) is 4.33. The molecule has 0 amide bonds. The van der Waals surface area contributed by atoms with Gasteiger partial charge in [-0.3, -0.25) is 9.30 Å². The molecule has 1 aliphatic heterocycles. The van der Waals surface area contributed by atoms with Gasteiger partial charge in [0, 0.05) is 18.7 Å². The smallest absolute Gasteiger partial charge is 0.232 e. The van der Waals surface area contributed by atoms with Crippen molar-refractivity contribution >= 4 is 21.5 Å². The normalized spacial score (nSPS) is 14.5. The van der Waals surface area contributed by atoms with Gasteiger partial charge in [0.1, 0.15) is 18.2 Å². The van der Waals surface area contributed by atoms with Crippen LogP contribution in [0.15, 0.2) is 23.2 Å². The molecule has 0 saturated carbocycles. The monoisotopic (exact) mass is 353 g/mol. The molecule has 1 heterocycles. The molecule has 1 aromatic carbocycles. The van der Waals surface area contributed by atoms with E-state index >= 15 is 0 Å². The highest BCUT2D eigenvalue weighted by atomic mass is 32.2. The molecule has 134 valence electrons. The van der Waals surface area contributed by atoms with Crippen molar-refractivity contribution in [2.45, 2.75) is 27.2 Å². The summed E-state index contributed by atoms with van der Waals surface area (Å²) in [7, 11) is -3.33. The predicted molar refractivity (Wildman–Crippen MR) is 98.6 cm³/mol. The number of ether oxygens (including phenoxy) is 1. The van der Waals surface area contributed by atoms with Crippen LogP contribution in [0.3, 0.4) is 0 Å². The van der Waals surface area contributed by atoms with Gasteiger partial charge >= 0.3 is 0 Å². The number of sulfonamides is 1. The van der Waals surface area contributed by atoms with Crippen molar-refractivity contribution < 1.29 is 13.2 Å². The molecule has 0 atom stereocenters. The van der Waals surface area contributed by atoms with Gasteiger partial charge in [-0.2, -0.15) is 0 Å². The molecule has 1 aliphatic rings. The zero-order chi connectivity index (χ0) is 17.7. The zero-order valence-electron chi connectivity index (χ0n) is 14.9. The zero-order valence-corrected chi connectivity index (χ0v) is 15.7. The fourth-order valence-corrected chi connectivity index (χ4v) is 3.81. The third kappa shape index (κ3) is 4.63. The molecule has 0 aliphatic carbocycles. The third-order valence-corrected chi connectivity index (χ3v) is 5.04. The molecule has 6 nitrogen and oxygen atoms in total. The van der Waals surface area contributed by atoms with Crippen LogP contribution < -0.4 is 14.4 Å². The van der Waals surface area contributed by atoms with Crippen LogP contribution in [0.5, 0.6) is 5.75 Å². The van der Waals surface area contributed by atoms with Crippen LogP contribution in [0.4, 0.5) is 5.69 Å². The van der Waals surface area contributed by atoms with Crippen LogP contribution in [-0.4, -0.2) is 46.8 Å². The number of nitrogens with zero attached hydrogens (tertiary/aromatic N) is 2. The van der Waals surface area contributed by atoms with Crippen LogP contribution in [0.1, 0.15) is 26.3 Å². The van der Waals surface area contributed by atoms with Gasteiger partial charge in [0.25, 0.3) is 0 Å². The van der Waals surface area contributed by atoms with Crippen molar-refractivity contribution in [1.29, 1.82) is 0 Å². The predicted octanol–water partition coefficient (Wildman–Crippen LogP) is 2.05. The van der Waals surface area contributed by atoms with Gasteiger partial charge in [-0.05, 0) is 31.4 Å². The minimum atomic E-state index is -3.33. The van der Waals surface area contributed by atoms with E-state index < -0.39 is 10.0 Å². The van der Waals surface area contributed by atoms with Gasteiger partial charge in [0.2, 0.25) is 10.0 Å². The van der Waals surface area contributed by atoms with E-state index in [0.29, 0.717) is 24.8 Å². The molecule has 0 unspecified atom stereocenters. The fraction of sp³-hybridized carbons (Fsp3) is 0.588. The highest BCUT2D eigenvalue weighted by Gasteiger charge is 2.22. The van der Waals surface area contributed by atoms with Crippen molar-refractivity contribution in [2.75, 3.05) is 36.8 Å². The summed E-state index contributed by atoms with van der Waals surface area (Å²) in [5.41, 5.74) is 1.63. The van der Waals surface area contributed by atoms with Crippen molar-refractivity contribution in [2.24, 2.45) is 10.9 Å². The summed E-state index contributed by atoms with van der Waals surface area (Å²) >= 11 is 0. The Bertz CT molecular complexity index is 699. The van der Waals surface area contributed by atoms with Crippen LogP contribution in [0.2, 0.25) is 0 Å². The summed E-state index contributed by atoms with van der Waals surface area (Å²) in [5, 5.41) is 3.18. The van der Waals surface area contributed by atoms with Crippen LogP contribution in [0, 0.1) is 5.92 Å². The maximum atomic E-state index is 12.1. The first-order valence-corrected chi connectivity index (χ1v) is 10.2. The highest BCUT2D eigenvalue weighted by Crippen LogP contribution is 2.33. The maximum Gasteiger partial charge on any atom is 0.232 e. The molecular weight excluding hydrogens is 326 g/mol. The Morgan fingerprint density at radius 1 is 1.38 bits per heavy atom. The maximum absolute atomic E-state index is 12.1. The minimum Gasteiger partial charge on any atom is -0.485 e. The number of aliphatic imine (C=N–C) groups is 1. The standard InChI is InChI=1S/C17H27N3O3S/c1-5-20(24(4,21)22)15-7-6-8-16(14(15)11-13(2)3)23-12-17-18-9-10-19-17/h6-8,13H,5,9-12H2,1-4H3,(H,18,19). The summed E-state index contributed by atoms with van der Waals surface area (Å²) in [6, 6.07) is 5.58. The Labute approximate surface area is 145 Å². The van der Waals surface area contributed by atoms with E-state index in [1.54, 1.807) is 0 Å². The van der Waals surface area contributed by atoms with E-state index in [0.717, 1.165) is 36.7 Å². The quantitative estimate of drug-likeness (QED) is 0.776. The van der Waals surface area contributed by atoms with Gasteiger partial charge < -0.3 is 10.1 Å². The van der Waals surface area contributed by atoms with E-state index in [9.17, 15) is 8.42 Å². The molecular formula is C17H27N3O3S. The Kier molecular flexibility index (Phi) is 6.10. The van der Waals surface area contributed by atoms with E-state index in [2.05, 4.69) is 24.2 Å². The van der Waals surface area contributed by atoms with E-state index in [4.69, 9.17) is 4.74 Å². The molecule has 0 radical (unpaired) electrons. The molecule has 1 N–H and O–H groups in total. The second-order valence-corrected chi connectivity index (χ2v) is 8.23. The number of hydrogen-bond acceptors (Lipinski definition) is 5. The first kappa shape index (κ1) is 18.6. The fourth-order valence-electron chi connectivity index (χ4n) is 2.81.